The zero-order valence-corrected chi connectivity index (χ0v) is 18.4. The fourth-order valence-electron chi connectivity index (χ4n) is 3.02. The Bertz CT molecular complexity index is 926. The molecule has 3 amide bonds. The molecule has 1 aliphatic rings. The van der Waals surface area contributed by atoms with E-state index in [1.165, 1.54) is 0 Å². The average molecular weight is 499 g/mol. The van der Waals surface area contributed by atoms with Crippen LogP contribution in [-0.4, -0.2) is 60.2 Å². The van der Waals surface area contributed by atoms with Crippen LogP contribution >= 0.6 is 39.1 Å². The third-order valence-corrected chi connectivity index (χ3v) is 5.45. The van der Waals surface area contributed by atoms with Crippen molar-refractivity contribution in [3.63, 3.8) is 0 Å². The Hall–Kier alpha value is -2.09. The summed E-state index contributed by atoms with van der Waals surface area (Å²) in [6.07, 6.45) is 0. The molecule has 0 unspecified atom stereocenters. The molecule has 1 fully saturated rings. The predicted octanol–water partition coefficient (Wildman–Crippen LogP) is 3.47. The number of carbonyl (C=O) groups excluding carboxylic acids is 3. The lowest BCUT2D eigenvalue weighted by atomic mass is 10.2. The zero-order valence-electron chi connectivity index (χ0n) is 15.3. The number of rotatable bonds is 4. The molecule has 0 aliphatic carbocycles. The first-order chi connectivity index (χ1) is 13.8. The Morgan fingerprint density at radius 2 is 1.52 bits per heavy atom. The van der Waals surface area contributed by atoms with Crippen molar-refractivity contribution in [2.75, 3.05) is 32.7 Å². The number of halogens is 3. The van der Waals surface area contributed by atoms with Crippen LogP contribution in [0.4, 0.5) is 0 Å². The number of nitrogens with zero attached hydrogens (tertiary/aromatic N) is 2. The van der Waals surface area contributed by atoms with E-state index in [0.717, 1.165) is 4.47 Å². The van der Waals surface area contributed by atoms with E-state index in [1.54, 1.807) is 46.2 Å². The fraction of sp³-hybridized carbons (Fsp3) is 0.250. The molecule has 29 heavy (non-hydrogen) atoms. The van der Waals surface area contributed by atoms with Gasteiger partial charge in [0.2, 0.25) is 5.91 Å². The monoisotopic (exact) mass is 497 g/mol. The van der Waals surface area contributed by atoms with Crippen LogP contribution < -0.4 is 5.32 Å². The highest BCUT2D eigenvalue weighted by atomic mass is 79.9. The molecular weight excluding hydrogens is 481 g/mol. The van der Waals surface area contributed by atoms with Crippen LogP contribution in [0.3, 0.4) is 0 Å². The van der Waals surface area contributed by atoms with Crippen molar-refractivity contribution >= 4 is 56.9 Å². The van der Waals surface area contributed by atoms with E-state index in [0.29, 0.717) is 47.4 Å². The van der Waals surface area contributed by atoms with E-state index in [9.17, 15) is 14.4 Å². The number of nitrogens with one attached hydrogen (secondary N) is 1. The van der Waals surface area contributed by atoms with Gasteiger partial charge in [0.05, 0.1) is 6.54 Å². The van der Waals surface area contributed by atoms with Gasteiger partial charge in [0.15, 0.2) is 0 Å². The van der Waals surface area contributed by atoms with E-state index in [-0.39, 0.29) is 24.3 Å². The SMILES string of the molecule is O=C(NCC(=O)N1CCN(C(=O)c2cc(Cl)cc(Cl)c2)CC1)c1cccc(Br)c1. The maximum Gasteiger partial charge on any atom is 0.254 e. The first-order valence-corrected chi connectivity index (χ1v) is 10.5. The van der Waals surface area contributed by atoms with Gasteiger partial charge in [-0.2, -0.15) is 0 Å². The lowest BCUT2D eigenvalue weighted by molar-refractivity contribution is -0.131. The standard InChI is InChI=1S/C20H18BrCl2N3O3/c21-15-3-1-2-13(8-15)19(28)24-12-18(27)25-4-6-26(7-5-25)20(29)14-9-16(22)11-17(23)10-14/h1-3,8-11H,4-7,12H2,(H,24,28). The van der Waals surface area contributed by atoms with Gasteiger partial charge in [0.25, 0.3) is 11.8 Å². The minimum absolute atomic E-state index is 0.0941. The number of hydrogen-bond donors (Lipinski definition) is 1. The molecule has 2 aromatic carbocycles. The number of amides is 3. The molecule has 1 N–H and O–H groups in total. The Morgan fingerprint density at radius 3 is 2.14 bits per heavy atom. The Kier molecular flexibility index (Phi) is 7.16. The van der Waals surface area contributed by atoms with E-state index < -0.39 is 0 Å². The maximum atomic E-state index is 12.6. The summed E-state index contributed by atoms with van der Waals surface area (Å²) in [6, 6.07) is 11.7. The minimum Gasteiger partial charge on any atom is -0.343 e. The average Bonchev–Trinajstić information content (AvgIpc) is 2.70. The van der Waals surface area contributed by atoms with E-state index >= 15 is 0 Å². The van der Waals surface area contributed by atoms with E-state index in [1.807, 2.05) is 6.07 Å². The molecular formula is C20H18BrCl2N3O3. The van der Waals surface area contributed by atoms with E-state index in [2.05, 4.69) is 21.2 Å². The van der Waals surface area contributed by atoms with Crippen molar-refractivity contribution in [1.82, 2.24) is 15.1 Å². The van der Waals surface area contributed by atoms with Crippen molar-refractivity contribution in [3.05, 3.63) is 68.1 Å². The Balaban J connectivity index is 1.50. The number of piperazine rings is 1. The number of carbonyl (C=O) groups is 3. The quantitative estimate of drug-likeness (QED) is 0.701. The summed E-state index contributed by atoms with van der Waals surface area (Å²) in [6.45, 7) is 1.49. The van der Waals surface area contributed by atoms with Gasteiger partial charge in [-0.15, -0.1) is 0 Å². The molecule has 0 spiro atoms. The molecule has 0 saturated carbocycles. The maximum absolute atomic E-state index is 12.6. The van der Waals surface area contributed by atoms with Gasteiger partial charge >= 0.3 is 0 Å². The molecule has 9 heteroatoms. The van der Waals surface area contributed by atoms with Crippen molar-refractivity contribution < 1.29 is 14.4 Å². The van der Waals surface area contributed by atoms with Crippen LogP contribution in [0.5, 0.6) is 0 Å². The molecule has 1 saturated heterocycles. The lowest BCUT2D eigenvalue weighted by Crippen LogP contribution is -2.52. The Morgan fingerprint density at radius 1 is 0.897 bits per heavy atom. The topological polar surface area (TPSA) is 69.7 Å². The summed E-state index contributed by atoms with van der Waals surface area (Å²) >= 11 is 15.2. The molecule has 0 radical (unpaired) electrons. The molecule has 1 aliphatic heterocycles. The summed E-state index contributed by atoms with van der Waals surface area (Å²) in [5.74, 6) is -0.679. The van der Waals surface area contributed by atoms with Crippen LogP contribution in [0.15, 0.2) is 46.9 Å². The summed E-state index contributed by atoms with van der Waals surface area (Å²) in [7, 11) is 0. The molecule has 152 valence electrons. The van der Waals surface area contributed by atoms with Crippen molar-refractivity contribution in [3.8, 4) is 0 Å². The predicted molar refractivity (Wildman–Crippen MR) is 115 cm³/mol. The van der Waals surface area contributed by atoms with Gasteiger partial charge in [-0.1, -0.05) is 45.2 Å². The highest BCUT2D eigenvalue weighted by molar-refractivity contribution is 9.10. The van der Waals surface area contributed by atoms with Crippen LogP contribution in [0.1, 0.15) is 20.7 Å². The molecule has 3 rings (SSSR count). The molecule has 1 heterocycles. The highest BCUT2D eigenvalue weighted by Crippen LogP contribution is 2.20. The second kappa shape index (κ2) is 9.61. The smallest absolute Gasteiger partial charge is 0.254 e. The van der Waals surface area contributed by atoms with Crippen LogP contribution in [-0.2, 0) is 4.79 Å². The Labute approximate surface area is 186 Å². The highest BCUT2D eigenvalue weighted by Gasteiger charge is 2.25. The number of benzene rings is 2. The summed E-state index contributed by atoms with van der Waals surface area (Å²) in [5, 5.41) is 3.43. The third-order valence-electron chi connectivity index (χ3n) is 4.52. The third kappa shape index (κ3) is 5.72. The van der Waals surface area contributed by atoms with Crippen molar-refractivity contribution in [1.29, 1.82) is 0 Å². The van der Waals surface area contributed by atoms with Gasteiger partial charge in [-0.05, 0) is 36.4 Å². The largest absolute Gasteiger partial charge is 0.343 e. The van der Waals surface area contributed by atoms with Crippen LogP contribution in [0.25, 0.3) is 0 Å². The van der Waals surface area contributed by atoms with Gasteiger partial charge < -0.3 is 15.1 Å². The van der Waals surface area contributed by atoms with Gasteiger partial charge in [0, 0.05) is 51.8 Å². The molecule has 0 atom stereocenters. The molecule has 0 bridgehead atoms. The van der Waals surface area contributed by atoms with Gasteiger partial charge in [-0.3, -0.25) is 14.4 Å². The molecule has 6 nitrogen and oxygen atoms in total. The second-order valence-electron chi connectivity index (χ2n) is 6.52. The summed E-state index contributed by atoms with van der Waals surface area (Å²) in [5.41, 5.74) is 0.895. The first-order valence-electron chi connectivity index (χ1n) is 8.90. The van der Waals surface area contributed by atoms with Crippen LogP contribution in [0, 0.1) is 0 Å². The zero-order chi connectivity index (χ0) is 21.0. The molecule has 0 aromatic heterocycles. The lowest BCUT2D eigenvalue weighted by Gasteiger charge is -2.35. The van der Waals surface area contributed by atoms with Crippen molar-refractivity contribution in [2.24, 2.45) is 0 Å². The van der Waals surface area contributed by atoms with Gasteiger partial charge in [0.1, 0.15) is 0 Å². The summed E-state index contributed by atoms with van der Waals surface area (Å²) < 4.78 is 0.790. The van der Waals surface area contributed by atoms with E-state index in [4.69, 9.17) is 23.2 Å². The fourth-order valence-corrected chi connectivity index (χ4v) is 3.94. The minimum atomic E-state index is -0.314. The van der Waals surface area contributed by atoms with Gasteiger partial charge in [-0.25, -0.2) is 0 Å². The van der Waals surface area contributed by atoms with Crippen molar-refractivity contribution in [2.45, 2.75) is 0 Å². The normalized spacial score (nSPS) is 13.9. The molecule has 2 aromatic rings. The second-order valence-corrected chi connectivity index (χ2v) is 8.31. The summed E-state index contributed by atoms with van der Waals surface area (Å²) in [4.78, 5) is 40.5. The van der Waals surface area contributed by atoms with Crippen LogP contribution in [0.2, 0.25) is 10.0 Å². The number of hydrogen-bond acceptors (Lipinski definition) is 3. The first kappa shape index (κ1) is 21.6.